The Kier molecular flexibility index (Phi) is 5.53. The molecule has 0 bridgehead atoms. The van der Waals surface area contributed by atoms with Crippen LogP contribution >= 0.6 is 0 Å². The number of aliphatic hydroxyl groups is 1. The van der Waals surface area contributed by atoms with Gasteiger partial charge in [-0.2, -0.15) is 0 Å². The zero-order chi connectivity index (χ0) is 10.5. The maximum atomic E-state index is 10.2. The summed E-state index contributed by atoms with van der Waals surface area (Å²) in [6.45, 7) is 3.73. The third-order valence-electron chi connectivity index (χ3n) is 2.29. The minimum Gasteiger partial charge on any atom is -0.389 e. The summed E-state index contributed by atoms with van der Waals surface area (Å²) in [6.07, 6.45) is 1.66. The Morgan fingerprint density at radius 3 is 1.92 bits per heavy atom. The lowest BCUT2D eigenvalue weighted by atomic mass is 9.96. The van der Waals surface area contributed by atoms with E-state index in [1.807, 2.05) is 40.0 Å². The Hall–Kier alpha value is -0.120. The highest BCUT2D eigenvalue weighted by atomic mass is 16.3. The zero-order valence-corrected chi connectivity index (χ0v) is 9.67. The van der Waals surface area contributed by atoms with E-state index in [1.165, 1.54) is 0 Å². The average Bonchev–Trinajstić information content (AvgIpc) is 2.00. The molecule has 0 radical (unpaired) electrons. The first kappa shape index (κ1) is 12.9. The second-order valence-electron chi connectivity index (χ2n) is 4.37. The molecule has 1 unspecified atom stereocenters. The number of likely N-dealkylation sites (N-methyl/N-ethyl adjacent to an activating group) is 1. The Labute approximate surface area is 82.3 Å². The summed E-state index contributed by atoms with van der Waals surface area (Å²) >= 11 is 0. The average molecular weight is 188 g/mol. The summed E-state index contributed by atoms with van der Waals surface area (Å²) in [5.74, 6) is 0. The zero-order valence-electron chi connectivity index (χ0n) is 9.67. The van der Waals surface area contributed by atoms with Gasteiger partial charge >= 0.3 is 0 Å². The standard InChI is InChI=1S/C10H24N2O/c1-6-10(13,9-12(4)5)7-8-11(2)3/h13H,6-9H2,1-5H3. The summed E-state index contributed by atoms with van der Waals surface area (Å²) < 4.78 is 0. The highest BCUT2D eigenvalue weighted by Crippen LogP contribution is 2.15. The molecule has 80 valence electrons. The van der Waals surface area contributed by atoms with E-state index >= 15 is 0 Å². The molecule has 0 heterocycles. The fraction of sp³-hybridized carbons (Fsp3) is 1.00. The van der Waals surface area contributed by atoms with Gasteiger partial charge in [0.05, 0.1) is 5.60 Å². The van der Waals surface area contributed by atoms with E-state index in [0.29, 0.717) is 0 Å². The summed E-state index contributed by atoms with van der Waals surface area (Å²) in [5, 5.41) is 10.2. The van der Waals surface area contributed by atoms with Crippen molar-refractivity contribution in [2.75, 3.05) is 41.3 Å². The van der Waals surface area contributed by atoms with Gasteiger partial charge in [0.15, 0.2) is 0 Å². The molecule has 0 saturated carbocycles. The summed E-state index contributed by atoms with van der Waals surface area (Å²) in [5.41, 5.74) is -0.520. The largest absolute Gasteiger partial charge is 0.389 e. The van der Waals surface area contributed by atoms with Crippen molar-refractivity contribution in [3.05, 3.63) is 0 Å². The molecule has 0 rings (SSSR count). The van der Waals surface area contributed by atoms with Gasteiger partial charge < -0.3 is 14.9 Å². The van der Waals surface area contributed by atoms with Gasteiger partial charge in [-0.3, -0.25) is 0 Å². The maximum absolute atomic E-state index is 10.2. The third kappa shape index (κ3) is 6.02. The predicted octanol–water partition coefficient (Wildman–Crippen LogP) is 0.641. The first-order valence-electron chi connectivity index (χ1n) is 4.91. The lowest BCUT2D eigenvalue weighted by molar-refractivity contribution is -0.000574. The minimum absolute atomic E-state index is 0.520. The van der Waals surface area contributed by atoms with Crippen LogP contribution in [-0.2, 0) is 0 Å². The van der Waals surface area contributed by atoms with E-state index in [9.17, 15) is 5.11 Å². The topological polar surface area (TPSA) is 26.7 Å². The van der Waals surface area contributed by atoms with E-state index in [2.05, 4.69) is 4.90 Å². The van der Waals surface area contributed by atoms with E-state index < -0.39 is 5.60 Å². The first-order chi connectivity index (χ1) is 5.89. The normalized spacial score (nSPS) is 16.6. The molecule has 0 aromatic carbocycles. The van der Waals surface area contributed by atoms with Crippen LogP contribution in [0.15, 0.2) is 0 Å². The monoisotopic (exact) mass is 188 g/mol. The summed E-state index contributed by atoms with van der Waals surface area (Å²) in [4.78, 5) is 4.15. The summed E-state index contributed by atoms with van der Waals surface area (Å²) in [7, 11) is 8.06. The minimum atomic E-state index is -0.520. The number of hydrogen-bond donors (Lipinski definition) is 1. The molecular formula is C10H24N2O. The van der Waals surface area contributed by atoms with Gasteiger partial charge in [-0.1, -0.05) is 6.92 Å². The first-order valence-corrected chi connectivity index (χ1v) is 4.91. The Morgan fingerprint density at radius 2 is 1.62 bits per heavy atom. The highest BCUT2D eigenvalue weighted by Gasteiger charge is 2.24. The molecule has 1 atom stereocenters. The molecule has 13 heavy (non-hydrogen) atoms. The van der Waals surface area contributed by atoms with Crippen molar-refractivity contribution in [1.82, 2.24) is 9.80 Å². The van der Waals surface area contributed by atoms with Crippen LogP contribution < -0.4 is 0 Å². The molecule has 0 aliphatic carbocycles. The lowest BCUT2D eigenvalue weighted by Crippen LogP contribution is -2.41. The van der Waals surface area contributed by atoms with Crippen molar-refractivity contribution < 1.29 is 5.11 Å². The van der Waals surface area contributed by atoms with E-state index in [-0.39, 0.29) is 0 Å². The van der Waals surface area contributed by atoms with Crippen LogP contribution in [0.3, 0.4) is 0 Å². The highest BCUT2D eigenvalue weighted by molar-refractivity contribution is 4.80. The maximum Gasteiger partial charge on any atom is 0.0783 e. The molecule has 0 fully saturated rings. The molecule has 0 amide bonds. The van der Waals surface area contributed by atoms with Gasteiger partial charge in [-0.15, -0.1) is 0 Å². The van der Waals surface area contributed by atoms with Crippen molar-refractivity contribution in [2.45, 2.75) is 25.4 Å². The quantitative estimate of drug-likeness (QED) is 0.663. The Morgan fingerprint density at radius 1 is 1.08 bits per heavy atom. The van der Waals surface area contributed by atoms with Crippen LogP contribution in [0, 0.1) is 0 Å². The van der Waals surface area contributed by atoms with Crippen molar-refractivity contribution in [3.63, 3.8) is 0 Å². The van der Waals surface area contributed by atoms with Crippen LogP contribution in [0.4, 0.5) is 0 Å². The fourth-order valence-corrected chi connectivity index (χ4v) is 1.39. The van der Waals surface area contributed by atoms with Gasteiger partial charge in [-0.05, 0) is 41.0 Å². The molecule has 1 N–H and O–H groups in total. The van der Waals surface area contributed by atoms with Crippen molar-refractivity contribution in [1.29, 1.82) is 0 Å². The smallest absolute Gasteiger partial charge is 0.0783 e. The van der Waals surface area contributed by atoms with Crippen LogP contribution in [0.5, 0.6) is 0 Å². The molecule has 0 aliphatic rings. The van der Waals surface area contributed by atoms with Gasteiger partial charge in [0.2, 0.25) is 0 Å². The van der Waals surface area contributed by atoms with E-state index in [1.54, 1.807) is 0 Å². The lowest BCUT2D eigenvalue weighted by Gasteiger charge is -2.31. The van der Waals surface area contributed by atoms with Crippen LogP contribution in [0.25, 0.3) is 0 Å². The fourth-order valence-electron chi connectivity index (χ4n) is 1.39. The third-order valence-corrected chi connectivity index (χ3v) is 2.29. The second kappa shape index (κ2) is 5.58. The Balaban J connectivity index is 3.96. The van der Waals surface area contributed by atoms with Gasteiger partial charge in [-0.25, -0.2) is 0 Å². The molecule has 0 aromatic rings. The van der Waals surface area contributed by atoms with E-state index in [4.69, 9.17) is 0 Å². The molecule has 0 aliphatic heterocycles. The summed E-state index contributed by atoms with van der Waals surface area (Å²) in [6, 6.07) is 0. The molecule has 0 spiro atoms. The van der Waals surface area contributed by atoms with Crippen molar-refractivity contribution >= 4 is 0 Å². The van der Waals surface area contributed by atoms with Gasteiger partial charge in [0.1, 0.15) is 0 Å². The molecule has 0 aromatic heterocycles. The predicted molar refractivity (Wildman–Crippen MR) is 57.0 cm³/mol. The number of nitrogens with zero attached hydrogens (tertiary/aromatic N) is 2. The SMILES string of the molecule is CCC(O)(CCN(C)C)CN(C)C. The van der Waals surface area contributed by atoms with Gasteiger partial charge in [0, 0.05) is 13.1 Å². The molecule has 3 nitrogen and oxygen atoms in total. The molecular weight excluding hydrogens is 164 g/mol. The second-order valence-corrected chi connectivity index (χ2v) is 4.37. The van der Waals surface area contributed by atoms with Crippen molar-refractivity contribution in [3.8, 4) is 0 Å². The van der Waals surface area contributed by atoms with Crippen LogP contribution in [0.2, 0.25) is 0 Å². The van der Waals surface area contributed by atoms with Gasteiger partial charge in [0.25, 0.3) is 0 Å². The van der Waals surface area contributed by atoms with Crippen LogP contribution in [-0.4, -0.2) is 61.8 Å². The molecule has 3 heteroatoms. The number of rotatable bonds is 6. The van der Waals surface area contributed by atoms with E-state index in [0.717, 1.165) is 25.9 Å². The molecule has 0 saturated heterocycles. The number of hydrogen-bond acceptors (Lipinski definition) is 3. The van der Waals surface area contributed by atoms with Crippen LogP contribution in [0.1, 0.15) is 19.8 Å². The Bertz CT molecular complexity index is 137. The van der Waals surface area contributed by atoms with Crippen molar-refractivity contribution in [2.24, 2.45) is 0 Å².